The van der Waals surface area contributed by atoms with Crippen molar-refractivity contribution in [2.45, 2.75) is 26.0 Å². The Bertz CT molecular complexity index is 1550. The number of methoxy groups -OCH3 is 1. The van der Waals surface area contributed by atoms with Gasteiger partial charge in [-0.25, -0.2) is 14.1 Å². The van der Waals surface area contributed by atoms with Crippen molar-refractivity contribution in [3.63, 3.8) is 0 Å². The van der Waals surface area contributed by atoms with Crippen LogP contribution in [0.15, 0.2) is 79.1 Å². The summed E-state index contributed by atoms with van der Waals surface area (Å²) in [6, 6.07) is 19.0. The third kappa shape index (κ3) is 5.17. The Kier molecular flexibility index (Phi) is 6.87. The van der Waals surface area contributed by atoms with Gasteiger partial charge in [-0.1, -0.05) is 18.2 Å². The number of hydrogen-bond donors (Lipinski definition) is 1. The van der Waals surface area contributed by atoms with E-state index in [0.717, 1.165) is 27.0 Å². The van der Waals surface area contributed by atoms with Gasteiger partial charge >= 0.3 is 0 Å². The first-order valence-corrected chi connectivity index (χ1v) is 12.5. The Labute approximate surface area is 217 Å². The van der Waals surface area contributed by atoms with Crippen molar-refractivity contribution in [3.05, 3.63) is 100 Å². The molecule has 0 spiro atoms. The molecule has 5 aromatic rings. The van der Waals surface area contributed by atoms with Gasteiger partial charge in [-0.3, -0.25) is 4.79 Å². The van der Waals surface area contributed by atoms with Crippen molar-refractivity contribution < 1.29 is 18.7 Å². The molecule has 0 radical (unpaired) electrons. The predicted octanol–water partition coefficient (Wildman–Crippen LogP) is 5.88. The summed E-state index contributed by atoms with van der Waals surface area (Å²) in [6.07, 6.45) is 2.87. The summed E-state index contributed by atoms with van der Waals surface area (Å²) in [5, 5.41) is 8.75. The largest absolute Gasteiger partial charge is 0.496 e. The van der Waals surface area contributed by atoms with Crippen molar-refractivity contribution >= 4 is 28.1 Å². The van der Waals surface area contributed by atoms with E-state index in [2.05, 4.69) is 15.4 Å². The molecule has 0 aliphatic heterocycles. The lowest BCUT2D eigenvalue weighted by Gasteiger charge is -2.27. The molecule has 2 atom stereocenters. The summed E-state index contributed by atoms with van der Waals surface area (Å²) >= 11 is 1.34. The van der Waals surface area contributed by atoms with Crippen LogP contribution < -0.4 is 14.8 Å². The number of nitrogens with zero attached hydrogens (tertiary/aromatic N) is 3. The molecule has 1 N–H and O–H groups in total. The minimum absolute atomic E-state index is 0.259. The number of para-hydroxylation sites is 1. The number of fused-ring (bicyclic) bond motifs is 1. The molecule has 9 heteroatoms. The molecule has 3 aromatic carbocycles. The Morgan fingerprint density at radius 3 is 2.59 bits per heavy atom. The van der Waals surface area contributed by atoms with E-state index in [-0.39, 0.29) is 11.7 Å². The van der Waals surface area contributed by atoms with Crippen LogP contribution in [0.5, 0.6) is 11.5 Å². The molecule has 188 valence electrons. The molecule has 2 heterocycles. The van der Waals surface area contributed by atoms with Gasteiger partial charge in [-0.2, -0.15) is 5.10 Å². The minimum Gasteiger partial charge on any atom is -0.496 e. The highest BCUT2D eigenvalue weighted by Gasteiger charge is 2.27. The van der Waals surface area contributed by atoms with Gasteiger partial charge in [0.25, 0.3) is 5.91 Å². The third-order valence-electron chi connectivity index (χ3n) is 5.95. The van der Waals surface area contributed by atoms with Gasteiger partial charge in [-0.15, -0.1) is 11.3 Å². The highest BCUT2D eigenvalue weighted by atomic mass is 32.1. The lowest BCUT2D eigenvalue weighted by Crippen LogP contribution is -2.39. The molecule has 0 bridgehead atoms. The quantitative estimate of drug-likeness (QED) is 0.279. The molecule has 5 rings (SSSR count). The molecular weight excluding hydrogens is 491 g/mol. The predicted molar refractivity (Wildman–Crippen MR) is 141 cm³/mol. The number of carbonyl (C=O) groups excluding carboxylic acids is 1. The van der Waals surface area contributed by atoms with Crippen LogP contribution in [0.2, 0.25) is 0 Å². The molecule has 0 aliphatic carbocycles. The monoisotopic (exact) mass is 516 g/mol. The first kappa shape index (κ1) is 24.5. The summed E-state index contributed by atoms with van der Waals surface area (Å²) < 4.78 is 27.2. The van der Waals surface area contributed by atoms with Gasteiger partial charge in [0.15, 0.2) is 5.01 Å². The highest BCUT2D eigenvalue weighted by Crippen LogP contribution is 2.33. The van der Waals surface area contributed by atoms with Gasteiger partial charge in [-0.05, 0) is 62.4 Å². The smallest absolute Gasteiger partial charge is 0.280 e. The Morgan fingerprint density at radius 2 is 1.86 bits per heavy atom. The summed E-state index contributed by atoms with van der Waals surface area (Å²) in [5.41, 5.74) is 2.41. The Hall–Kier alpha value is -4.24. The first-order valence-electron chi connectivity index (χ1n) is 11.7. The number of hydrogen-bond acceptors (Lipinski definition) is 6. The molecule has 1 amide bonds. The number of rotatable bonds is 8. The third-order valence-corrected chi connectivity index (χ3v) is 6.86. The maximum atomic E-state index is 13.4. The average molecular weight is 517 g/mol. The van der Waals surface area contributed by atoms with E-state index in [1.165, 1.54) is 23.5 Å². The second kappa shape index (κ2) is 10.4. The van der Waals surface area contributed by atoms with Crippen LogP contribution in [0.4, 0.5) is 4.39 Å². The van der Waals surface area contributed by atoms with Crippen LogP contribution in [0, 0.1) is 12.7 Å². The van der Waals surface area contributed by atoms with Gasteiger partial charge in [0, 0.05) is 22.0 Å². The van der Waals surface area contributed by atoms with Crippen molar-refractivity contribution in [3.8, 4) is 17.2 Å². The first-order chi connectivity index (χ1) is 17.9. The van der Waals surface area contributed by atoms with Crippen molar-refractivity contribution in [1.29, 1.82) is 0 Å². The number of thiazole rings is 1. The van der Waals surface area contributed by atoms with Crippen LogP contribution in [-0.2, 0) is 0 Å². The van der Waals surface area contributed by atoms with Crippen LogP contribution in [-0.4, -0.2) is 33.8 Å². The zero-order valence-corrected chi connectivity index (χ0v) is 21.3. The SMILES string of the molecule is COc1ccccc1[C@H](Oc1ccc2c(cnn2-c2ccc(F)cc2)c1)[C@H](C)NC(=O)c1ncc(C)s1. The minimum atomic E-state index is -0.550. The van der Waals surface area contributed by atoms with Gasteiger partial charge in [0.2, 0.25) is 0 Å². The van der Waals surface area contributed by atoms with E-state index >= 15 is 0 Å². The van der Waals surface area contributed by atoms with E-state index in [1.807, 2.05) is 56.3 Å². The summed E-state index contributed by atoms with van der Waals surface area (Å²) in [4.78, 5) is 18.0. The molecular formula is C28H25FN4O3S. The Balaban J connectivity index is 1.45. The topological polar surface area (TPSA) is 78.3 Å². The average Bonchev–Trinajstić information content (AvgIpc) is 3.54. The zero-order valence-electron chi connectivity index (χ0n) is 20.5. The van der Waals surface area contributed by atoms with Crippen molar-refractivity contribution in [2.75, 3.05) is 7.11 Å². The molecule has 0 fully saturated rings. The molecule has 2 aromatic heterocycles. The van der Waals surface area contributed by atoms with Crippen LogP contribution >= 0.6 is 11.3 Å². The fourth-order valence-corrected chi connectivity index (χ4v) is 4.83. The molecule has 0 aliphatic rings. The van der Waals surface area contributed by atoms with E-state index in [9.17, 15) is 9.18 Å². The summed E-state index contributed by atoms with van der Waals surface area (Å²) in [5.74, 6) is 0.701. The van der Waals surface area contributed by atoms with E-state index in [0.29, 0.717) is 16.5 Å². The van der Waals surface area contributed by atoms with Gasteiger partial charge in [0.1, 0.15) is 23.4 Å². The van der Waals surface area contributed by atoms with Crippen LogP contribution in [0.3, 0.4) is 0 Å². The summed E-state index contributed by atoms with van der Waals surface area (Å²) in [6.45, 7) is 3.80. The number of aryl methyl sites for hydroxylation is 1. The molecule has 37 heavy (non-hydrogen) atoms. The normalized spacial score (nSPS) is 12.8. The maximum absolute atomic E-state index is 13.4. The van der Waals surface area contributed by atoms with Crippen LogP contribution in [0.25, 0.3) is 16.6 Å². The molecule has 7 nitrogen and oxygen atoms in total. The second-order valence-electron chi connectivity index (χ2n) is 8.57. The molecule has 0 saturated carbocycles. The van der Waals surface area contributed by atoms with Crippen LogP contribution in [0.1, 0.15) is 33.3 Å². The number of nitrogens with one attached hydrogen (secondary N) is 1. The number of carbonyl (C=O) groups is 1. The zero-order chi connectivity index (χ0) is 25.9. The van der Waals surface area contributed by atoms with Crippen molar-refractivity contribution in [2.24, 2.45) is 0 Å². The van der Waals surface area contributed by atoms with E-state index in [4.69, 9.17) is 9.47 Å². The lowest BCUT2D eigenvalue weighted by molar-refractivity contribution is 0.0879. The molecule has 0 unspecified atom stereocenters. The standard InChI is InChI=1S/C28H25FN4O3S/c1-17-15-30-28(37-17)27(34)32-18(2)26(23-6-4-5-7-25(23)35-3)36-22-12-13-24-19(14-22)16-31-33(24)21-10-8-20(29)9-11-21/h4-16,18,26H,1-3H3,(H,32,34)/t18-,26+/m0/s1. The van der Waals surface area contributed by atoms with Gasteiger partial charge in [0.05, 0.1) is 30.6 Å². The number of aromatic nitrogens is 3. The number of amides is 1. The highest BCUT2D eigenvalue weighted by molar-refractivity contribution is 7.13. The van der Waals surface area contributed by atoms with E-state index < -0.39 is 12.1 Å². The molecule has 0 saturated heterocycles. The second-order valence-corrected chi connectivity index (χ2v) is 9.81. The fraction of sp³-hybridized carbons (Fsp3) is 0.179. The maximum Gasteiger partial charge on any atom is 0.280 e. The number of benzene rings is 3. The number of ether oxygens (including phenoxy) is 2. The van der Waals surface area contributed by atoms with E-state index in [1.54, 1.807) is 36.3 Å². The summed E-state index contributed by atoms with van der Waals surface area (Å²) in [7, 11) is 1.60. The van der Waals surface area contributed by atoms with Gasteiger partial charge < -0.3 is 14.8 Å². The lowest BCUT2D eigenvalue weighted by atomic mass is 10.0. The number of halogens is 1. The fourth-order valence-electron chi connectivity index (χ4n) is 4.16. The Morgan fingerprint density at radius 1 is 1.08 bits per heavy atom. The van der Waals surface area contributed by atoms with Crippen molar-refractivity contribution in [1.82, 2.24) is 20.1 Å².